The van der Waals surface area contributed by atoms with Crippen molar-refractivity contribution in [1.82, 2.24) is 5.32 Å². The van der Waals surface area contributed by atoms with Gasteiger partial charge in [0.2, 0.25) is 0 Å². The van der Waals surface area contributed by atoms with Gasteiger partial charge in [-0.05, 0) is 36.6 Å². The fourth-order valence-electron chi connectivity index (χ4n) is 2.32. The minimum Gasteiger partial charge on any atom is -0.494 e. The van der Waals surface area contributed by atoms with Gasteiger partial charge in [-0.2, -0.15) is 0 Å². The fourth-order valence-corrected chi connectivity index (χ4v) is 2.32. The Morgan fingerprint density at radius 2 is 1.81 bits per heavy atom. The Morgan fingerprint density at radius 3 is 2.57 bits per heavy atom. The van der Waals surface area contributed by atoms with E-state index in [1.54, 1.807) is 0 Å². The third-order valence-electron chi connectivity index (χ3n) is 3.55. The van der Waals surface area contributed by atoms with Crippen molar-refractivity contribution < 1.29 is 4.74 Å². The van der Waals surface area contributed by atoms with Gasteiger partial charge in [0.15, 0.2) is 0 Å². The highest BCUT2D eigenvalue weighted by Crippen LogP contribution is 2.14. The first-order valence-corrected chi connectivity index (χ1v) is 8.64. The molecule has 2 heteroatoms. The third kappa shape index (κ3) is 9.52. The van der Waals surface area contributed by atoms with Gasteiger partial charge >= 0.3 is 0 Å². The molecule has 120 valence electrons. The van der Waals surface area contributed by atoms with E-state index in [4.69, 9.17) is 4.74 Å². The summed E-state index contributed by atoms with van der Waals surface area (Å²) in [5.74, 6) is 1.70. The van der Waals surface area contributed by atoms with Gasteiger partial charge < -0.3 is 10.1 Å². The number of hydrogen-bond acceptors (Lipinski definition) is 2. The fraction of sp³-hybridized carbons (Fsp3) is 0.684. The highest BCUT2D eigenvalue weighted by atomic mass is 16.5. The number of rotatable bonds is 12. The second kappa shape index (κ2) is 11.6. The normalized spacial score (nSPS) is 11.0. The van der Waals surface area contributed by atoms with Gasteiger partial charge in [-0.15, -0.1) is 0 Å². The summed E-state index contributed by atoms with van der Waals surface area (Å²) in [6, 6.07) is 8.46. The molecule has 1 aromatic rings. The lowest BCUT2D eigenvalue weighted by atomic mass is 10.1. The van der Waals surface area contributed by atoms with Gasteiger partial charge in [-0.1, -0.05) is 65.0 Å². The first-order valence-electron chi connectivity index (χ1n) is 8.64. The molecule has 0 radical (unpaired) electrons. The number of ether oxygens (including phenoxy) is 1. The zero-order valence-corrected chi connectivity index (χ0v) is 14.2. The molecule has 0 aliphatic heterocycles. The van der Waals surface area contributed by atoms with Gasteiger partial charge in [0.25, 0.3) is 0 Å². The Bertz CT molecular complexity index is 362. The van der Waals surface area contributed by atoms with E-state index in [1.807, 2.05) is 0 Å². The predicted molar refractivity (Wildman–Crippen MR) is 91.9 cm³/mol. The molecule has 0 aromatic heterocycles. The molecule has 0 saturated carbocycles. The second-order valence-corrected chi connectivity index (χ2v) is 6.29. The minimum absolute atomic E-state index is 0.692. The van der Waals surface area contributed by atoms with Crippen molar-refractivity contribution in [3.8, 4) is 5.75 Å². The number of hydrogen-bond donors (Lipinski definition) is 1. The Hall–Kier alpha value is -1.02. The van der Waals surface area contributed by atoms with Crippen LogP contribution >= 0.6 is 0 Å². The maximum atomic E-state index is 5.85. The monoisotopic (exact) mass is 291 g/mol. The highest BCUT2D eigenvalue weighted by molar-refractivity contribution is 5.28. The van der Waals surface area contributed by atoms with Gasteiger partial charge in [-0.25, -0.2) is 0 Å². The van der Waals surface area contributed by atoms with E-state index in [2.05, 4.69) is 50.4 Å². The summed E-state index contributed by atoms with van der Waals surface area (Å²) >= 11 is 0. The average Bonchev–Trinajstić information content (AvgIpc) is 2.46. The van der Waals surface area contributed by atoms with Crippen molar-refractivity contribution in [2.75, 3.05) is 13.2 Å². The SMILES string of the molecule is CCCCCCCCOc1cccc(CNCC(C)C)c1. The maximum Gasteiger partial charge on any atom is 0.119 e. The minimum atomic E-state index is 0.692. The molecule has 1 aromatic carbocycles. The molecular formula is C19H33NO. The van der Waals surface area contributed by atoms with Crippen LogP contribution in [-0.2, 0) is 6.54 Å². The molecule has 0 unspecified atom stereocenters. The Balaban J connectivity index is 2.17. The molecule has 0 aliphatic rings. The second-order valence-electron chi connectivity index (χ2n) is 6.29. The molecule has 0 spiro atoms. The summed E-state index contributed by atoms with van der Waals surface area (Å²) in [4.78, 5) is 0. The van der Waals surface area contributed by atoms with E-state index in [0.717, 1.165) is 25.4 Å². The van der Waals surface area contributed by atoms with Crippen molar-refractivity contribution >= 4 is 0 Å². The predicted octanol–water partition coefficient (Wildman–Crippen LogP) is 5.17. The van der Waals surface area contributed by atoms with Crippen LogP contribution in [0, 0.1) is 5.92 Å². The lowest BCUT2D eigenvalue weighted by Gasteiger charge is -2.10. The van der Waals surface area contributed by atoms with E-state index >= 15 is 0 Å². The first kappa shape index (κ1) is 18.0. The molecule has 1 rings (SSSR count). The average molecular weight is 291 g/mol. The zero-order valence-electron chi connectivity index (χ0n) is 14.2. The molecule has 0 bridgehead atoms. The van der Waals surface area contributed by atoms with Crippen LogP contribution in [0.3, 0.4) is 0 Å². The number of unbranched alkanes of at least 4 members (excludes halogenated alkanes) is 5. The van der Waals surface area contributed by atoms with E-state index < -0.39 is 0 Å². The van der Waals surface area contributed by atoms with Crippen LogP contribution in [0.4, 0.5) is 0 Å². The van der Waals surface area contributed by atoms with Crippen LogP contribution in [-0.4, -0.2) is 13.2 Å². The molecule has 0 aliphatic carbocycles. The molecular weight excluding hydrogens is 258 g/mol. The van der Waals surface area contributed by atoms with Crippen LogP contribution in [0.25, 0.3) is 0 Å². The van der Waals surface area contributed by atoms with Gasteiger partial charge in [0.05, 0.1) is 6.61 Å². The topological polar surface area (TPSA) is 21.3 Å². The molecule has 0 saturated heterocycles. The van der Waals surface area contributed by atoms with Crippen molar-refractivity contribution in [3.05, 3.63) is 29.8 Å². The van der Waals surface area contributed by atoms with E-state index in [-0.39, 0.29) is 0 Å². The first-order chi connectivity index (χ1) is 10.2. The highest BCUT2D eigenvalue weighted by Gasteiger charge is 1.99. The summed E-state index contributed by atoms with van der Waals surface area (Å²) in [6.45, 7) is 9.54. The van der Waals surface area contributed by atoms with Crippen LogP contribution in [0.1, 0.15) is 64.9 Å². The Kier molecular flexibility index (Phi) is 9.98. The van der Waals surface area contributed by atoms with Crippen molar-refractivity contribution in [2.45, 2.75) is 65.8 Å². The quantitative estimate of drug-likeness (QED) is 0.536. The molecule has 0 atom stereocenters. The van der Waals surface area contributed by atoms with Crippen LogP contribution < -0.4 is 10.1 Å². The largest absolute Gasteiger partial charge is 0.494 e. The third-order valence-corrected chi connectivity index (χ3v) is 3.55. The smallest absolute Gasteiger partial charge is 0.119 e. The van der Waals surface area contributed by atoms with Crippen molar-refractivity contribution in [1.29, 1.82) is 0 Å². The molecule has 0 heterocycles. The van der Waals surface area contributed by atoms with Gasteiger partial charge in [0, 0.05) is 6.54 Å². The Morgan fingerprint density at radius 1 is 1.05 bits per heavy atom. The van der Waals surface area contributed by atoms with E-state index in [0.29, 0.717) is 5.92 Å². The van der Waals surface area contributed by atoms with Crippen molar-refractivity contribution in [3.63, 3.8) is 0 Å². The van der Waals surface area contributed by atoms with Crippen LogP contribution in [0.2, 0.25) is 0 Å². The van der Waals surface area contributed by atoms with Crippen LogP contribution in [0.5, 0.6) is 5.75 Å². The molecule has 0 fully saturated rings. The van der Waals surface area contributed by atoms with E-state index in [9.17, 15) is 0 Å². The van der Waals surface area contributed by atoms with Gasteiger partial charge in [-0.3, -0.25) is 0 Å². The van der Waals surface area contributed by atoms with Gasteiger partial charge in [0.1, 0.15) is 5.75 Å². The zero-order chi connectivity index (χ0) is 15.3. The molecule has 21 heavy (non-hydrogen) atoms. The summed E-state index contributed by atoms with van der Waals surface area (Å²) < 4.78 is 5.85. The maximum absolute atomic E-state index is 5.85. The summed E-state index contributed by atoms with van der Waals surface area (Å²) in [7, 11) is 0. The summed E-state index contributed by atoms with van der Waals surface area (Å²) in [5.41, 5.74) is 1.30. The standard InChI is InChI=1S/C19H33NO/c1-4-5-6-7-8-9-13-21-19-12-10-11-18(14-19)16-20-15-17(2)3/h10-12,14,17,20H,4-9,13,15-16H2,1-3H3. The number of benzene rings is 1. The van der Waals surface area contributed by atoms with Crippen molar-refractivity contribution in [2.24, 2.45) is 5.92 Å². The molecule has 2 nitrogen and oxygen atoms in total. The van der Waals surface area contributed by atoms with E-state index in [1.165, 1.54) is 44.1 Å². The molecule has 0 amide bonds. The lowest BCUT2D eigenvalue weighted by Crippen LogP contribution is -2.18. The van der Waals surface area contributed by atoms with Crippen LogP contribution in [0.15, 0.2) is 24.3 Å². The Labute approximate surface area is 131 Å². The summed E-state index contributed by atoms with van der Waals surface area (Å²) in [5, 5.41) is 3.47. The summed E-state index contributed by atoms with van der Waals surface area (Å²) in [6.07, 6.45) is 7.85. The molecule has 1 N–H and O–H groups in total. The number of nitrogens with one attached hydrogen (secondary N) is 1. The lowest BCUT2D eigenvalue weighted by molar-refractivity contribution is 0.304.